The molecule has 2 rings (SSSR count). The van der Waals surface area contributed by atoms with Crippen molar-refractivity contribution < 1.29 is 14.4 Å². The summed E-state index contributed by atoms with van der Waals surface area (Å²) in [5, 5.41) is 0. The molecule has 0 aliphatic heterocycles. The van der Waals surface area contributed by atoms with E-state index in [-0.39, 0.29) is 29.7 Å². The van der Waals surface area contributed by atoms with Gasteiger partial charge in [0, 0.05) is 31.3 Å². The maximum Gasteiger partial charge on any atom is 0.241 e. The molecule has 1 amide bonds. The van der Waals surface area contributed by atoms with Crippen LogP contribution in [-0.2, 0) is 4.79 Å². The molecule has 0 spiro atoms. The number of amides is 1. The van der Waals surface area contributed by atoms with Crippen molar-refractivity contribution in [3.05, 3.63) is 46.8 Å². The molecule has 0 saturated carbocycles. The van der Waals surface area contributed by atoms with Crippen LogP contribution in [0.5, 0.6) is 0 Å². The first-order chi connectivity index (χ1) is 12.8. The highest BCUT2D eigenvalue weighted by atomic mass is 16.2. The fourth-order valence-corrected chi connectivity index (χ4v) is 3.28. The van der Waals surface area contributed by atoms with Gasteiger partial charge in [0.25, 0.3) is 0 Å². The minimum absolute atomic E-state index is 0.173. The summed E-state index contributed by atoms with van der Waals surface area (Å²) in [5.41, 5.74) is 1.29. The summed E-state index contributed by atoms with van der Waals surface area (Å²) < 4.78 is 0. The number of allylic oxidation sites excluding steroid dienone is 2. The molecule has 0 saturated heterocycles. The number of Topliss-reactive ketones (excluding diaryl/α,β-unsaturated/α-hetero) is 2. The van der Waals surface area contributed by atoms with E-state index in [4.69, 9.17) is 0 Å². The highest BCUT2D eigenvalue weighted by molar-refractivity contribution is 6.27. The van der Waals surface area contributed by atoms with Crippen molar-refractivity contribution in [3.8, 4) is 0 Å². The maximum absolute atomic E-state index is 13.3. The summed E-state index contributed by atoms with van der Waals surface area (Å²) in [7, 11) is 5.42. The zero-order valence-electron chi connectivity index (χ0n) is 16.9. The normalized spacial score (nSPS) is 13.9. The summed E-state index contributed by atoms with van der Waals surface area (Å²) in [6, 6.07) is 6.83. The average Bonchev–Trinajstić information content (AvgIpc) is 2.63. The van der Waals surface area contributed by atoms with Crippen molar-refractivity contribution in [2.24, 2.45) is 0 Å². The van der Waals surface area contributed by atoms with E-state index in [1.807, 2.05) is 18.9 Å². The number of benzene rings is 1. The fraction of sp³-hybridized carbons (Fsp3) is 0.476. The Morgan fingerprint density at radius 3 is 1.96 bits per heavy atom. The third kappa shape index (κ3) is 4.27. The molecule has 0 unspecified atom stereocenters. The van der Waals surface area contributed by atoms with Crippen LogP contribution in [0.15, 0.2) is 35.7 Å². The molecule has 0 atom stereocenters. The SMILES string of the molecule is CCCCN(C)C1=C(N(CC)C(=O)CN(C)C)C(=O)c2ccccc2C1=O. The zero-order chi connectivity index (χ0) is 20.1. The molecular formula is C21H29N3O3. The van der Waals surface area contributed by atoms with Gasteiger partial charge in [0.1, 0.15) is 11.4 Å². The average molecular weight is 371 g/mol. The predicted molar refractivity (Wildman–Crippen MR) is 106 cm³/mol. The lowest BCUT2D eigenvalue weighted by atomic mass is 9.89. The van der Waals surface area contributed by atoms with Crippen molar-refractivity contribution in [1.29, 1.82) is 0 Å². The van der Waals surface area contributed by atoms with Gasteiger partial charge in [-0.25, -0.2) is 0 Å². The van der Waals surface area contributed by atoms with Crippen LogP contribution >= 0.6 is 0 Å². The van der Waals surface area contributed by atoms with Crippen LogP contribution in [0.25, 0.3) is 0 Å². The number of carbonyl (C=O) groups excluding carboxylic acids is 3. The Hall–Kier alpha value is -2.47. The number of rotatable bonds is 8. The predicted octanol–water partition coefficient (Wildman–Crippen LogP) is 2.42. The fourth-order valence-electron chi connectivity index (χ4n) is 3.28. The first-order valence-corrected chi connectivity index (χ1v) is 9.42. The molecule has 6 heteroatoms. The van der Waals surface area contributed by atoms with E-state index in [1.165, 1.54) is 4.90 Å². The summed E-state index contributed by atoms with van der Waals surface area (Å²) in [5.74, 6) is -0.660. The number of fused-ring (bicyclic) bond motifs is 1. The number of unbranched alkanes of at least 4 members (excludes halogenated alkanes) is 1. The topological polar surface area (TPSA) is 60.9 Å². The van der Waals surface area contributed by atoms with Crippen LogP contribution in [0.4, 0.5) is 0 Å². The van der Waals surface area contributed by atoms with Crippen LogP contribution in [0, 0.1) is 0 Å². The number of ketones is 2. The Labute approximate surface area is 161 Å². The molecule has 27 heavy (non-hydrogen) atoms. The third-order valence-corrected chi connectivity index (χ3v) is 4.64. The molecule has 0 bridgehead atoms. The Balaban J connectivity index is 2.61. The maximum atomic E-state index is 13.3. The van der Waals surface area contributed by atoms with Gasteiger partial charge >= 0.3 is 0 Å². The second kappa shape index (κ2) is 8.95. The molecular weight excluding hydrogens is 342 g/mol. The number of hydrogen-bond donors (Lipinski definition) is 0. The Bertz CT molecular complexity index is 768. The van der Waals surface area contributed by atoms with E-state index in [9.17, 15) is 14.4 Å². The van der Waals surface area contributed by atoms with Crippen LogP contribution in [-0.4, -0.2) is 73.0 Å². The molecule has 1 aromatic rings. The summed E-state index contributed by atoms with van der Waals surface area (Å²) in [4.78, 5) is 44.4. The van der Waals surface area contributed by atoms with Gasteiger partial charge in [0.15, 0.2) is 0 Å². The Morgan fingerprint density at radius 1 is 0.926 bits per heavy atom. The first kappa shape index (κ1) is 20.8. The van der Waals surface area contributed by atoms with Crippen molar-refractivity contribution in [1.82, 2.24) is 14.7 Å². The minimum atomic E-state index is -0.266. The number of nitrogens with zero attached hydrogens (tertiary/aromatic N) is 3. The van der Waals surface area contributed by atoms with E-state index in [0.717, 1.165) is 12.8 Å². The third-order valence-electron chi connectivity index (χ3n) is 4.64. The molecule has 1 aromatic carbocycles. The molecule has 6 nitrogen and oxygen atoms in total. The molecule has 0 aromatic heterocycles. The molecule has 0 radical (unpaired) electrons. The number of hydrogen-bond acceptors (Lipinski definition) is 5. The monoisotopic (exact) mass is 371 g/mol. The van der Waals surface area contributed by atoms with Crippen LogP contribution in [0.3, 0.4) is 0 Å². The van der Waals surface area contributed by atoms with Crippen LogP contribution in [0.1, 0.15) is 47.4 Å². The van der Waals surface area contributed by atoms with Gasteiger partial charge < -0.3 is 14.7 Å². The van der Waals surface area contributed by atoms with Gasteiger partial charge in [-0.3, -0.25) is 14.4 Å². The van der Waals surface area contributed by atoms with Crippen molar-refractivity contribution in [3.63, 3.8) is 0 Å². The molecule has 0 fully saturated rings. The Kier molecular flexibility index (Phi) is 6.91. The van der Waals surface area contributed by atoms with Gasteiger partial charge in [0.2, 0.25) is 17.5 Å². The van der Waals surface area contributed by atoms with Gasteiger partial charge in [-0.2, -0.15) is 0 Å². The molecule has 0 N–H and O–H groups in total. The standard InChI is InChI=1S/C21H29N3O3/c1-6-8-13-23(5)18-19(24(7-2)17(25)14-22(3)4)21(27)16-12-10-9-11-15(16)20(18)26/h9-12H,6-8,13-14H2,1-5H3. The van der Waals surface area contributed by atoms with E-state index >= 15 is 0 Å². The van der Waals surface area contributed by atoms with Gasteiger partial charge in [0.05, 0.1) is 6.54 Å². The highest BCUT2D eigenvalue weighted by Gasteiger charge is 2.38. The van der Waals surface area contributed by atoms with E-state index in [1.54, 1.807) is 43.3 Å². The Morgan fingerprint density at radius 2 is 1.48 bits per heavy atom. The van der Waals surface area contributed by atoms with Crippen LogP contribution < -0.4 is 0 Å². The largest absolute Gasteiger partial charge is 0.370 e. The zero-order valence-corrected chi connectivity index (χ0v) is 16.9. The van der Waals surface area contributed by atoms with Crippen molar-refractivity contribution >= 4 is 17.5 Å². The molecule has 0 heterocycles. The highest BCUT2D eigenvalue weighted by Crippen LogP contribution is 2.30. The number of likely N-dealkylation sites (N-methyl/N-ethyl adjacent to an activating group) is 3. The lowest BCUT2D eigenvalue weighted by Crippen LogP contribution is -2.44. The van der Waals surface area contributed by atoms with Crippen LogP contribution in [0.2, 0.25) is 0 Å². The van der Waals surface area contributed by atoms with Gasteiger partial charge in [-0.1, -0.05) is 37.6 Å². The van der Waals surface area contributed by atoms with E-state index in [2.05, 4.69) is 6.92 Å². The second-order valence-electron chi connectivity index (χ2n) is 7.05. The molecule has 1 aliphatic rings. The lowest BCUT2D eigenvalue weighted by Gasteiger charge is -2.33. The lowest BCUT2D eigenvalue weighted by molar-refractivity contribution is -0.129. The minimum Gasteiger partial charge on any atom is -0.370 e. The first-order valence-electron chi connectivity index (χ1n) is 9.42. The van der Waals surface area contributed by atoms with E-state index < -0.39 is 0 Å². The second-order valence-corrected chi connectivity index (χ2v) is 7.05. The molecule has 146 valence electrons. The van der Waals surface area contributed by atoms with Crippen molar-refractivity contribution in [2.75, 3.05) is 40.8 Å². The summed E-state index contributed by atoms with van der Waals surface area (Å²) in [6.07, 6.45) is 1.87. The van der Waals surface area contributed by atoms with Gasteiger partial charge in [-0.05, 0) is 27.4 Å². The quantitative estimate of drug-likeness (QED) is 0.702. The van der Waals surface area contributed by atoms with Crippen molar-refractivity contribution in [2.45, 2.75) is 26.7 Å². The van der Waals surface area contributed by atoms with E-state index in [0.29, 0.717) is 29.9 Å². The number of carbonyl (C=O) groups is 3. The summed E-state index contributed by atoms with van der Waals surface area (Å²) >= 11 is 0. The smallest absolute Gasteiger partial charge is 0.241 e. The summed E-state index contributed by atoms with van der Waals surface area (Å²) in [6.45, 7) is 5.05. The molecule has 1 aliphatic carbocycles. The van der Waals surface area contributed by atoms with Gasteiger partial charge in [-0.15, -0.1) is 0 Å².